The van der Waals surface area contributed by atoms with E-state index < -0.39 is 0 Å². The Hall–Kier alpha value is -1.81. The molecule has 0 aliphatic carbocycles. The van der Waals surface area contributed by atoms with Crippen molar-refractivity contribution in [3.05, 3.63) is 65.8 Å². The van der Waals surface area contributed by atoms with Crippen molar-refractivity contribution in [2.24, 2.45) is 5.41 Å². The number of allylic oxidation sites excluding steroid dienone is 3. The van der Waals surface area contributed by atoms with E-state index in [2.05, 4.69) is 83.4 Å². The standard InChI is InChI=1S/C24H37BN2S/c1-9-11-19(3)16-25(8)22(15-20(4)24(5,6)7)26-17-23(28)27-21-13-10-12-18(2)14-21/h10,12-15,26H,3-4,9,11,16-17H2,1-2,5-8H3,(H,27,28)/b22-15+. The van der Waals surface area contributed by atoms with E-state index in [0.717, 1.165) is 35.4 Å². The highest BCUT2D eigenvalue weighted by molar-refractivity contribution is 7.80. The third kappa shape index (κ3) is 8.92. The van der Waals surface area contributed by atoms with Crippen molar-refractivity contribution >= 4 is 29.6 Å². The van der Waals surface area contributed by atoms with Crippen LogP contribution < -0.4 is 10.6 Å². The number of hydrogen-bond acceptors (Lipinski definition) is 2. The molecule has 0 aliphatic rings. The van der Waals surface area contributed by atoms with E-state index >= 15 is 0 Å². The van der Waals surface area contributed by atoms with Crippen LogP contribution in [-0.4, -0.2) is 18.2 Å². The zero-order chi connectivity index (χ0) is 21.3. The number of anilines is 1. The molecular formula is C24H37BN2S. The Morgan fingerprint density at radius 1 is 1.25 bits per heavy atom. The van der Waals surface area contributed by atoms with Crippen molar-refractivity contribution in [1.29, 1.82) is 0 Å². The molecule has 0 bridgehead atoms. The van der Waals surface area contributed by atoms with Crippen molar-refractivity contribution in [3.8, 4) is 0 Å². The lowest BCUT2D eigenvalue weighted by Gasteiger charge is -2.23. The van der Waals surface area contributed by atoms with E-state index in [1.54, 1.807) is 0 Å². The van der Waals surface area contributed by atoms with E-state index in [0.29, 0.717) is 13.3 Å². The number of hydrogen-bond donors (Lipinski definition) is 2. The quantitative estimate of drug-likeness (QED) is 0.196. The fourth-order valence-electron chi connectivity index (χ4n) is 2.88. The number of thiocarbonyl (C=S) groups is 1. The minimum absolute atomic E-state index is 0.0351. The fraction of sp³-hybridized carbons (Fsp3) is 0.458. The van der Waals surface area contributed by atoms with Crippen LogP contribution in [0.5, 0.6) is 0 Å². The predicted molar refractivity (Wildman–Crippen MR) is 133 cm³/mol. The number of rotatable bonds is 10. The molecule has 1 aromatic rings. The molecule has 0 heterocycles. The zero-order valence-corrected chi connectivity index (χ0v) is 19.4. The Kier molecular flexibility index (Phi) is 9.74. The van der Waals surface area contributed by atoms with E-state index in [9.17, 15) is 0 Å². The molecule has 152 valence electrons. The van der Waals surface area contributed by atoms with Crippen LogP contribution in [0.15, 0.2) is 60.2 Å². The van der Waals surface area contributed by atoms with E-state index in [1.807, 2.05) is 12.1 Å². The summed E-state index contributed by atoms with van der Waals surface area (Å²) in [6, 6.07) is 8.25. The largest absolute Gasteiger partial charge is 0.389 e. The fourth-order valence-corrected chi connectivity index (χ4v) is 3.07. The SMILES string of the molecule is C=C(CCC)CB(C)/C(=C\C(=C)C(C)(C)C)NCC(=S)Nc1cccc(C)c1. The van der Waals surface area contributed by atoms with Crippen LogP contribution in [-0.2, 0) is 0 Å². The first-order valence-electron chi connectivity index (χ1n) is 10.2. The molecule has 0 fully saturated rings. The number of aryl methyl sites for hydroxylation is 1. The van der Waals surface area contributed by atoms with Gasteiger partial charge in [0.05, 0.1) is 11.5 Å². The van der Waals surface area contributed by atoms with E-state index in [4.69, 9.17) is 12.2 Å². The Balaban J connectivity index is 2.83. The molecule has 0 amide bonds. The predicted octanol–water partition coefficient (Wildman–Crippen LogP) is 6.83. The molecule has 0 atom stereocenters. The van der Waals surface area contributed by atoms with Gasteiger partial charge >= 0.3 is 0 Å². The van der Waals surface area contributed by atoms with Crippen LogP contribution in [0.25, 0.3) is 0 Å². The molecule has 0 saturated carbocycles. The van der Waals surface area contributed by atoms with Gasteiger partial charge in [0, 0.05) is 5.69 Å². The van der Waals surface area contributed by atoms with Crippen LogP contribution in [0.3, 0.4) is 0 Å². The molecule has 0 unspecified atom stereocenters. The van der Waals surface area contributed by atoms with Gasteiger partial charge in [-0.15, -0.1) is 6.58 Å². The van der Waals surface area contributed by atoms with Gasteiger partial charge in [-0.25, -0.2) is 0 Å². The number of benzene rings is 1. The molecule has 4 heteroatoms. The Bertz CT molecular complexity index is 728. The molecule has 28 heavy (non-hydrogen) atoms. The van der Waals surface area contributed by atoms with Gasteiger partial charge in [-0.3, -0.25) is 0 Å². The van der Waals surface area contributed by atoms with Crippen LogP contribution in [0.1, 0.15) is 46.1 Å². The Morgan fingerprint density at radius 3 is 2.50 bits per heavy atom. The summed E-state index contributed by atoms with van der Waals surface area (Å²) in [6.07, 6.45) is 5.38. The maximum Gasteiger partial charge on any atom is 0.197 e. The average Bonchev–Trinajstić information content (AvgIpc) is 2.57. The second kappa shape index (κ2) is 11.3. The summed E-state index contributed by atoms with van der Waals surface area (Å²) in [6.45, 7) is 22.5. The molecule has 0 spiro atoms. The lowest BCUT2D eigenvalue weighted by atomic mass is 9.45. The van der Waals surface area contributed by atoms with E-state index in [1.165, 1.54) is 16.7 Å². The van der Waals surface area contributed by atoms with Gasteiger partial charge in [-0.1, -0.05) is 77.4 Å². The van der Waals surface area contributed by atoms with Gasteiger partial charge in [-0.05, 0) is 60.0 Å². The molecule has 0 radical (unpaired) electrons. The maximum atomic E-state index is 5.56. The summed E-state index contributed by atoms with van der Waals surface area (Å²) >= 11 is 5.56. The van der Waals surface area contributed by atoms with Crippen LogP contribution in [0.4, 0.5) is 5.69 Å². The summed E-state index contributed by atoms with van der Waals surface area (Å²) in [5, 5.41) is 6.88. The Labute approximate surface area is 178 Å². The third-order valence-corrected chi connectivity index (χ3v) is 5.02. The molecule has 2 N–H and O–H groups in total. The minimum atomic E-state index is 0.0351. The normalized spacial score (nSPS) is 11.7. The summed E-state index contributed by atoms with van der Waals surface area (Å²) in [5.74, 6) is 0. The maximum absolute atomic E-state index is 5.56. The van der Waals surface area contributed by atoms with Gasteiger partial charge in [0.15, 0.2) is 6.71 Å². The number of nitrogens with one attached hydrogen (secondary N) is 2. The first-order valence-corrected chi connectivity index (χ1v) is 10.6. The van der Waals surface area contributed by atoms with Gasteiger partial charge in [0.1, 0.15) is 0 Å². The third-order valence-electron chi connectivity index (χ3n) is 4.78. The highest BCUT2D eigenvalue weighted by atomic mass is 32.1. The monoisotopic (exact) mass is 396 g/mol. The van der Waals surface area contributed by atoms with Crippen LogP contribution >= 0.6 is 12.2 Å². The molecular weight excluding hydrogens is 359 g/mol. The molecule has 1 rings (SSSR count). The first-order chi connectivity index (χ1) is 13.0. The highest BCUT2D eigenvalue weighted by Crippen LogP contribution is 2.26. The van der Waals surface area contributed by atoms with Gasteiger partial charge in [0.2, 0.25) is 0 Å². The zero-order valence-electron chi connectivity index (χ0n) is 18.6. The average molecular weight is 396 g/mol. The van der Waals surface area contributed by atoms with Gasteiger partial charge in [-0.2, -0.15) is 0 Å². The Morgan fingerprint density at radius 2 is 1.93 bits per heavy atom. The van der Waals surface area contributed by atoms with Gasteiger partial charge in [0.25, 0.3) is 0 Å². The molecule has 1 aromatic carbocycles. The lowest BCUT2D eigenvalue weighted by molar-refractivity contribution is 0.518. The van der Waals surface area contributed by atoms with Crippen LogP contribution in [0, 0.1) is 12.3 Å². The van der Waals surface area contributed by atoms with E-state index in [-0.39, 0.29) is 5.41 Å². The molecule has 0 aliphatic heterocycles. The highest BCUT2D eigenvalue weighted by Gasteiger charge is 2.19. The van der Waals surface area contributed by atoms with Gasteiger partial charge < -0.3 is 10.6 Å². The molecule has 2 nitrogen and oxygen atoms in total. The van der Waals surface area contributed by atoms with Crippen molar-refractivity contribution < 1.29 is 0 Å². The topological polar surface area (TPSA) is 24.1 Å². The lowest BCUT2D eigenvalue weighted by Crippen LogP contribution is -2.32. The van der Waals surface area contributed by atoms with Crippen LogP contribution in [0.2, 0.25) is 13.1 Å². The van der Waals surface area contributed by atoms with Crippen molar-refractivity contribution in [1.82, 2.24) is 5.32 Å². The van der Waals surface area contributed by atoms with Crippen molar-refractivity contribution in [2.75, 3.05) is 11.9 Å². The minimum Gasteiger partial charge on any atom is -0.389 e. The van der Waals surface area contributed by atoms with Crippen molar-refractivity contribution in [2.45, 2.75) is 60.6 Å². The summed E-state index contributed by atoms with van der Waals surface area (Å²) in [7, 11) is 0. The molecule has 0 saturated heterocycles. The summed E-state index contributed by atoms with van der Waals surface area (Å²) < 4.78 is 0. The first kappa shape index (κ1) is 24.2. The van der Waals surface area contributed by atoms with Crippen molar-refractivity contribution in [3.63, 3.8) is 0 Å². The second-order valence-corrected chi connectivity index (χ2v) is 9.24. The summed E-state index contributed by atoms with van der Waals surface area (Å²) in [4.78, 5) is 0.775. The second-order valence-electron chi connectivity index (χ2n) is 8.75. The summed E-state index contributed by atoms with van der Waals surface area (Å²) in [5.41, 5.74) is 5.86. The smallest absolute Gasteiger partial charge is 0.197 e. The molecule has 0 aromatic heterocycles.